The van der Waals surface area contributed by atoms with Crippen LogP contribution in [0, 0.1) is 0 Å². The van der Waals surface area contributed by atoms with Gasteiger partial charge < -0.3 is 24.8 Å². The molecule has 1 aromatic carbocycles. The van der Waals surface area contributed by atoms with Crippen molar-refractivity contribution in [3.63, 3.8) is 0 Å². The summed E-state index contributed by atoms with van der Waals surface area (Å²) in [5.41, 5.74) is 0. The number of ether oxygens (including phenoxy) is 2. The predicted octanol–water partition coefficient (Wildman–Crippen LogP) is 1.40. The minimum atomic E-state index is -1.09. The number of aromatic nitrogens is 1. The maximum atomic E-state index is 10.2. The molecule has 0 radical (unpaired) electrons. The molecule has 1 heterocycles. The van der Waals surface area contributed by atoms with Crippen LogP contribution in [0.4, 0.5) is 0 Å². The molecule has 0 fully saturated rings. The number of nitrogens with zero attached hydrogens (tertiary/aromatic N) is 1. The average molecular weight is 321 g/mol. The summed E-state index contributed by atoms with van der Waals surface area (Å²) in [6.45, 7) is -0.912. The molecule has 8 heteroatoms. The lowest BCUT2D eigenvalue weighted by Gasteiger charge is -2.06. The van der Waals surface area contributed by atoms with Gasteiger partial charge in [0.25, 0.3) is 0 Å². The molecule has 0 aliphatic heterocycles. The zero-order chi connectivity index (χ0) is 17.1. The van der Waals surface area contributed by atoms with Crippen molar-refractivity contribution in [2.75, 3.05) is 13.2 Å². The monoisotopic (exact) mass is 321 g/mol. The maximum absolute atomic E-state index is 10.2. The molecule has 8 nitrogen and oxygen atoms in total. The molecular formula is C15H15NO7. The van der Waals surface area contributed by atoms with E-state index in [-0.39, 0.29) is 5.75 Å². The Hall–Kier alpha value is -3.29. The molecular weight excluding hydrogens is 306 g/mol. The van der Waals surface area contributed by atoms with Crippen LogP contribution in [0.1, 0.15) is 0 Å². The second kappa shape index (κ2) is 9.61. The second-order valence-electron chi connectivity index (χ2n) is 4.05. The molecule has 0 spiro atoms. The Kier molecular flexibility index (Phi) is 7.42. The highest BCUT2D eigenvalue weighted by Crippen LogP contribution is 2.19. The minimum absolute atomic E-state index is 0.211. The fraction of sp³-hybridized carbons (Fsp3) is 0.133. The Bertz CT molecular complexity index is 597. The molecule has 3 N–H and O–H groups in total. The topological polar surface area (TPSA) is 126 Å². The summed E-state index contributed by atoms with van der Waals surface area (Å²) in [5.74, 6) is -1.34. The van der Waals surface area contributed by atoms with E-state index in [4.69, 9.17) is 24.8 Å². The molecule has 0 aliphatic rings. The van der Waals surface area contributed by atoms with E-state index in [2.05, 4.69) is 4.98 Å². The first-order chi connectivity index (χ1) is 11.0. The lowest BCUT2D eigenvalue weighted by atomic mass is 10.3. The first-order valence-electron chi connectivity index (χ1n) is 6.35. The van der Waals surface area contributed by atoms with E-state index < -0.39 is 25.2 Å². The summed E-state index contributed by atoms with van der Waals surface area (Å²) in [6, 6.07) is 9.36. The second-order valence-corrected chi connectivity index (χ2v) is 4.05. The van der Waals surface area contributed by atoms with Crippen LogP contribution >= 0.6 is 0 Å². The number of benzene rings is 1. The summed E-state index contributed by atoms with van der Waals surface area (Å²) < 4.78 is 9.78. The van der Waals surface area contributed by atoms with Crippen LogP contribution in [-0.2, 0) is 9.59 Å². The Balaban J connectivity index is 0.000000313. The Morgan fingerprint density at radius 1 is 0.957 bits per heavy atom. The summed E-state index contributed by atoms with van der Waals surface area (Å²) in [6.07, 6.45) is 3.00. The number of hydrogen-bond donors (Lipinski definition) is 3. The molecule has 0 aliphatic carbocycles. The average Bonchev–Trinajstić information content (AvgIpc) is 2.53. The number of carbonyl (C=O) groups is 2. The molecule has 0 bridgehead atoms. The van der Waals surface area contributed by atoms with Gasteiger partial charge in [-0.05, 0) is 24.3 Å². The molecule has 23 heavy (non-hydrogen) atoms. The van der Waals surface area contributed by atoms with Crippen molar-refractivity contribution < 1.29 is 34.4 Å². The smallest absolute Gasteiger partial charge is 0.341 e. The fourth-order valence-electron chi connectivity index (χ4n) is 1.30. The fourth-order valence-corrected chi connectivity index (χ4v) is 1.30. The number of aliphatic carboxylic acids is 2. The standard InChI is InChI=1S/C10H10O6.C5H5NO/c11-9(12)5-15-7-2-1-3-8(4-7)16-6-10(13)14;7-5-2-1-3-6-4-5/h1-4H,5-6H2,(H,11,12)(H,13,14);1-4,7H. The van der Waals surface area contributed by atoms with Crippen molar-refractivity contribution in [2.45, 2.75) is 0 Å². The van der Waals surface area contributed by atoms with Gasteiger partial charge in [0.2, 0.25) is 0 Å². The lowest BCUT2D eigenvalue weighted by molar-refractivity contribution is -0.140. The van der Waals surface area contributed by atoms with Gasteiger partial charge in [-0.15, -0.1) is 0 Å². The molecule has 0 unspecified atom stereocenters. The van der Waals surface area contributed by atoms with Crippen molar-refractivity contribution in [1.82, 2.24) is 4.98 Å². The van der Waals surface area contributed by atoms with E-state index >= 15 is 0 Å². The quantitative estimate of drug-likeness (QED) is 0.729. The van der Waals surface area contributed by atoms with Gasteiger partial charge in [0.1, 0.15) is 17.2 Å². The van der Waals surface area contributed by atoms with E-state index in [0.717, 1.165) is 0 Å². The van der Waals surface area contributed by atoms with Gasteiger partial charge in [0.15, 0.2) is 13.2 Å². The summed E-state index contributed by atoms with van der Waals surface area (Å²) >= 11 is 0. The summed E-state index contributed by atoms with van der Waals surface area (Å²) in [4.78, 5) is 24.1. The molecule has 122 valence electrons. The number of carboxylic acids is 2. The van der Waals surface area contributed by atoms with Crippen LogP contribution in [0.15, 0.2) is 48.8 Å². The summed E-state index contributed by atoms with van der Waals surface area (Å²) in [7, 11) is 0. The largest absolute Gasteiger partial charge is 0.506 e. The van der Waals surface area contributed by atoms with Crippen LogP contribution < -0.4 is 9.47 Å². The lowest BCUT2D eigenvalue weighted by Crippen LogP contribution is -2.10. The van der Waals surface area contributed by atoms with Crippen molar-refractivity contribution in [2.24, 2.45) is 0 Å². The van der Waals surface area contributed by atoms with Crippen molar-refractivity contribution in [3.8, 4) is 17.2 Å². The third-order valence-electron chi connectivity index (χ3n) is 2.18. The van der Waals surface area contributed by atoms with E-state index in [1.807, 2.05) is 0 Å². The molecule has 0 amide bonds. The molecule has 2 aromatic rings. The zero-order valence-corrected chi connectivity index (χ0v) is 12.0. The van der Waals surface area contributed by atoms with Crippen LogP contribution in [0.5, 0.6) is 17.2 Å². The van der Waals surface area contributed by atoms with Crippen LogP contribution in [-0.4, -0.2) is 45.5 Å². The van der Waals surface area contributed by atoms with Gasteiger partial charge >= 0.3 is 11.9 Å². The van der Waals surface area contributed by atoms with Crippen LogP contribution in [0.25, 0.3) is 0 Å². The maximum Gasteiger partial charge on any atom is 0.341 e. The molecule has 1 aromatic heterocycles. The van der Waals surface area contributed by atoms with Gasteiger partial charge in [0, 0.05) is 12.3 Å². The third-order valence-corrected chi connectivity index (χ3v) is 2.18. The van der Waals surface area contributed by atoms with Crippen LogP contribution in [0.2, 0.25) is 0 Å². The van der Waals surface area contributed by atoms with E-state index in [0.29, 0.717) is 11.5 Å². The molecule has 2 rings (SSSR count). The molecule has 0 atom stereocenters. The predicted molar refractivity (Wildman–Crippen MR) is 78.6 cm³/mol. The van der Waals surface area contributed by atoms with E-state index in [1.165, 1.54) is 12.3 Å². The van der Waals surface area contributed by atoms with E-state index in [9.17, 15) is 9.59 Å². The number of pyridine rings is 1. The van der Waals surface area contributed by atoms with Gasteiger partial charge in [-0.25, -0.2) is 9.59 Å². The van der Waals surface area contributed by atoms with Crippen molar-refractivity contribution in [1.29, 1.82) is 0 Å². The first kappa shape index (κ1) is 17.8. The summed E-state index contributed by atoms with van der Waals surface area (Å²) in [5, 5.41) is 25.3. The molecule has 0 saturated carbocycles. The Morgan fingerprint density at radius 2 is 1.52 bits per heavy atom. The zero-order valence-electron chi connectivity index (χ0n) is 12.0. The Morgan fingerprint density at radius 3 is 1.87 bits per heavy atom. The highest BCUT2D eigenvalue weighted by atomic mass is 16.5. The molecule has 0 saturated heterocycles. The normalized spacial score (nSPS) is 9.22. The third kappa shape index (κ3) is 8.56. The number of carboxylic acid groups (broad SMARTS) is 2. The highest BCUT2D eigenvalue weighted by molar-refractivity contribution is 5.69. The van der Waals surface area contributed by atoms with Crippen molar-refractivity contribution in [3.05, 3.63) is 48.8 Å². The van der Waals surface area contributed by atoms with Crippen molar-refractivity contribution >= 4 is 11.9 Å². The van der Waals surface area contributed by atoms with Crippen LogP contribution in [0.3, 0.4) is 0 Å². The first-order valence-corrected chi connectivity index (χ1v) is 6.35. The Labute approximate surface area is 131 Å². The number of rotatable bonds is 6. The SMILES string of the molecule is O=C(O)COc1cccc(OCC(=O)O)c1.Oc1cccnc1. The number of hydrogen-bond acceptors (Lipinski definition) is 6. The van der Waals surface area contributed by atoms with Gasteiger partial charge in [0.05, 0.1) is 6.20 Å². The minimum Gasteiger partial charge on any atom is -0.506 e. The van der Waals surface area contributed by atoms with E-state index in [1.54, 1.807) is 36.5 Å². The highest BCUT2D eigenvalue weighted by Gasteiger charge is 2.02. The number of aromatic hydroxyl groups is 1. The van der Waals surface area contributed by atoms with Gasteiger partial charge in [-0.1, -0.05) is 6.07 Å². The van der Waals surface area contributed by atoms with Gasteiger partial charge in [-0.2, -0.15) is 0 Å². The van der Waals surface area contributed by atoms with Gasteiger partial charge in [-0.3, -0.25) is 4.98 Å².